The van der Waals surface area contributed by atoms with Crippen LogP contribution in [-0.4, -0.2) is 69.9 Å². The van der Waals surface area contributed by atoms with Crippen molar-refractivity contribution in [3.05, 3.63) is 47.5 Å². The average Bonchev–Trinajstić information content (AvgIpc) is 3.14. The van der Waals surface area contributed by atoms with Gasteiger partial charge in [0.25, 0.3) is 0 Å². The van der Waals surface area contributed by atoms with E-state index in [0.717, 1.165) is 0 Å². The monoisotopic (exact) mass is 498 g/mol. The summed E-state index contributed by atoms with van der Waals surface area (Å²) in [6.07, 6.45) is -3.29. The molecule has 5 aliphatic rings. The quantitative estimate of drug-likeness (QED) is 0.510. The highest BCUT2D eigenvalue weighted by Gasteiger charge is 2.83. The standard InChI is InChI=1S/C27H30O9/c1-12-9-16(28)21(30)25(3)15(12)10-17-26-11-34-27(33,24(25)26)20(29)13(2)18(26)19(23(32)35-17)36-22(31)14-7-5-4-6-8-14/h4-9,13,15,17-21,24,29-30,33H,10-11H2,1-3H3/t13-,15+,17-,18-,19-,20-,21-,24-,25-,26+,27?/m1/s1. The van der Waals surface area contributed by atoms with Gasteiger partial charge in [-0.3, -0.25) is 4.79 Å². The van der Waals surface area contributed by atoms with Gasteiger partial charge in [-0.1, -0.05) is 37.6 Å². The van der Waals surface area contributed by atoms with Gasteiger partial charge in [-0.25, -0.2) is 9.59 Å². The van der Waals surface area contributed by atoms with Gasteiger partial charge in [0, 0.05) is 22.7 Å². The van der Waals surface area contributed by atoms with Crippen molar-refractivity contribution in [1.82, 2.24) is 0 Å². The number of allylic oxidation sites excluding steroid dienone is 1. The normalized spacial score (nSPS) is 48.9. The van der Waals surface area contributed by atoms with Gasteiger partial charge in [-0.2, -0.15) is 0 Å². The van der Waals surface area contributed by atoms with Crippen molar-refractivity contribution in [3.8, 4) is 0 Å². The fourth-order valence-electron chi connectivity index (χ4n) is 8.49. The van der Waals surface area contributed by atoms with E-state index in [9.17, 15) is 29.7 Å². The molecule has 9 nitrogen and oxygen atoms in total. The number of carbonyl (C=O) groups excluding carboxylic acids is 3. The van der Waals surface area contributed by atoms with Gasteiger partial charge in [0.15, 0.2) is 11.6 Å². The maximum atomic E-state index is 13.4. The summed E-state index contributed by atoms with van der Waals surface area (Å²) in [5.41, 5.74) is -1.33. The Morgan fingerprint density at radius 3 is 2.56 bits per heavy atom. The SMILES string of the molecule is CC1=CC(=O)[C@@H](O)[C@]2(C)[C@H]3C4(O)OC[C@]35[C@H]([C@@H](C)[C@H]4O)[C@@H](OC(=O)c3ccccc3)C(=O)O[C@@H]5C[C@@H]12. The molecule has 1 unspecified atom stereocenters. The van der Waals surface area contributed by atoms with Crippen molar-refractivity contribution in [2.75, 3.05) is 6.61 Å². The number of ether oxygens (including phenoxy) is 3. The second-order valence-corrected chi connectivity index (χ2v) is 11.4. The van der Waals surface area contributed by atoms with Crippen LogP contribution in [-0.2, 0) is 23.8 Å². The highest BCUT2D eigenvalue weighted by Crippen LogP contribution is 2.73. The summed E-state index contributed by atoms with van der Waals surface area (Å²) in [4.78, 5) is 39.2. The number of carbonyl (C=O) groups is 3. The van der Waals surface area contributed by atoms with Crippen molar-refractivity contribution in [1.29, 1.82) is 0 Å². The molecular formula is C27H30O9. The van der Waals surface area contributed by atoms with Crippen molar-refractivity contribution in [2.45, 2.75) is 57.4 Å². The van der Waals surface area contributed by atoms with E-state index in [2.05, 4.69) is 0 Å². The van der Waals surface area contributed by atoms with Crippen LogP contribution in [0.1, 0.15) is 37.6 Å². The molecule has 2 saturated heterocycles. The number of fused-ring (bicyclic) bond motifs is 1. The van der Waals surface area contributed by atoms with Crippen LogP contribution in [0.15, 0.2) is 42.0 Å². The smallest absolute Gasteiger partial charge is 0.348 e. The largest absolute Gasteiger partial charge is 0.459 e. The van der Waals surface area contributed by atoms with Gasteiger partial charge >= 0.3 is 11.9 Å². The van der Waals surface area contributed by atoms with Crippen LogP contribution in [0.3, 0.4) is 0 Å². The zero-order chi connectivity index (χ0) is 25.8. The van der Waals surface area contributed by atoms with Crippen LogP contribution >= 0.6 is 0 Å². The molecule has 2 bridgehead atoms. The Hall–Kier alpha value is -2.59. The lowest BCUT2D eigenvalue weighted by Gasteiger charge is -2.68. The van der Waals surface area contributed by atoms with E-state index in [1.165, 1.54) is 6.08 Å². The molecule has 36 heavy (non-hydrogen) atoms. The molecular weight excluding hydrogens is 468 g/mol. The summed E-state index contributed by atoms with van der Waals surface area (Å²) >= 11 is 0. The maximum Gasteiger partial charge on any atom is 0.348 e. The summed E-state index contributed by atoms with van der Waals surface area (Å²) in [7, 11) is 0. The molecule has 0 radical (unpaired) electrons. The number of aliphatic hydroxyl groups is 3. The molecule has 1 spiro atoms. The molecule has 0 aromatic heterocycles. The lowest BCUT2D eigenvalue weighted by atomic mass is 9.38. The van der Waals surface area contributed by atoms with E-state index in [1.807, 2.05) is 0 Å². The number of benzene rings is 1. The van der Waals surface area contributed by atoms with Crippen LogP contribution in [0.4, 0.5) is 0 Å². The lowest BCUT2D eigenvalue weighted by molar-refractivity contribution is -0.339. The Bertz CT molecular complexity index is 1180. The highest BCUT2D eigenvalue weighted by molar-refractivity contribution is 5.96. The molecule has 9 heteroatoms. The van der Waals surface area contributed by atoms with Crippen molar-refractivity contribution in [2.24, 2.45) is 34.5 Å². The van der Waals surface area contributed by atoms with Gasteiger partial charge in [-0.05, 0) is 43.4 Å². The molecule has 2 heterocycles. The number of ketones is 1. The molecule has 2 aliphatic heterocycles. The first kappa shape index (κ1) is 23.8. The van der Waals surface area contributed by atoms with Crippen molar-refractivity contribution >= 4 is 17.7 Å². The van der Waals surface area contributed by atoms with E-state index < -0.39 is 82.4 Å². The first-order valence-electron chi connectivity index (χ1n) is 12.4. The Morgan fingerprint density at radius 2 is 1.86 bits per heavy atom. The van der Waals surface area contributed by atoms with Gasteiger partial charge in [0.2, 0.25) is 6.10 Å². The minimum Gasteiger partial charge on any atom is -0.459 e. The Labute approximate surface area is 208 Å². The molecule has 6 rings (SSSR count). The van der Waals surface area contributed by atoms with Crippen LogP contribution < -0.4 is 0 Å². The summed E-state index contributed by atoms with van der Waals surface area (Å²) in [5.74, 6) is -6.85. The Balaban J connectivity index is 1.51. The number of hydrogen-bond acceptors (Lipinski definition) is 9. The zero-order valence-electron chi connectivity index (χ0n) is 20.3. The molecule has 1 aromatic rings. The molecule has 3 N–H and O–H groups in total. The second-order valence-electron chi connectivity index (χ2n) is 11.4. The van der Waals surface area contributed by atoms with Crippen molar-refractivity contribution < 1.29 is 43.9 Å². The van der Waals surface area contributed by atoms with Crippen LogP contribution in [0.2, 0.25) is 0 Å². The van der Waals surface area contributed by atoms with E-state index in [0.29, 0.717) is 12.0 Å². The van der Waals surface area contributed by atoms with E-state index in [-0.39, 0.29) is 12.2 Å². The average molecular weight is 499 g/mol. The fourth-order valence-corrected chi connectivity index (χ4v) is 8.49. The Morgan fingerprint density at radius 1 is 1.17 bits per heavy atom. The molecule has 3 aliphatic carbocycles. The number of aliphatic hydroxyl groups excluding tert-OH is 2. The van der Waals surface area contributed by atoms with E-state index in [1.54, 1.807) is 51.1 Å². The fraction of sp³-hybridized carbons (Fsp3) is 0.593. The molecule has 2 saturated carbocycles. The van der Waals surface area contributed by atoms with Crippen LogP contribution in [0.5, 0.6) is 0 Å². The van der Waals surface area contributed by atoms with Gasteiger partial charge in [-0.15, -0.1) is 0 Å². The summed E-state index contributed by atoms with van der Waals surface area (Å²) in [6, 6.07) is 8.25. The lowest BCUT2D eigenvalue weighted by Crippen LogP contribution is -2.78. The van der Waals surface area contributed by atoms with Crippen molar-refractivity contribution in [3.63, 3.8) is 0 Å². The van der Waals surface area contributed by atoms with E-state index >= 15 is 0 Å². The third kappa shape index (κ3) is 2.66. The predicted octanol–water partition coefficient (Wildman–Crippen LogP) is 1.00. The molecule has 192 valence electrons. The van der Waals surface area contributed by atoms with Gasteiger partial charge in [0.05, 0.1) is 12.2 Å². The third-order valence-corrected chi connectivity index (χ3v) is 9.87. The maximum absolute atomic E-state index is 13.4. The highest BCUT2D eigenvalue weighted by atomic mass is 16.7. The number of rotatable bonds is 2. The molecule has 11 atom stereocenters. The second kappa shape index (κ2) is 7.47. The van der Waals surface area contributed by atoms with Gasteiger partial charge < -0.3 is 29.5 Å². The molecule has 1 aromatic carbocycles. The predicted molar refractivity (Wildman–Crippen MR) is 122 cm³/mol. The van der Waals surface area contributed by atoms with Gasteiger partial charge in [0.1, 0.15) is 18.3 Å². The minimum absolute atomic E-state index is 0.0798. The summed E-state index contributed by atoms with van der Waals surface area (Å²) in [6.45, 7) is 5.13. The number of esters is 2. The first-order chi connectivity index (χ1) is 17.0. The molecule has 4 fully saturated rings. The minimum atomic E-state index is -2.09. The van der Waals surface area contributed by atoms with E-state index in [4.69, 9.17) is 14.2 Å². The summed E-state index contributed by atoms with van der Waals surface area (Å²) < 4.78 is 17.7. The topological polar surface area (TPSA) is 140 Å². The zero-order valence-corrected chi connectivity index (χ0v) is 20.3. The molecule has 0 amide bonds. The third-order valence-electron chi connectivity index (χ3n) is 9.87. The summed E-state index contributed by atoms with van der Waals surface area (Å²) in [5, 5.41) is 34.5. The van der Waals surface area contributed by atoms with Crippen LogP contribution in [0, 0.1) is 34.5 Å². The number of hydrogen-bond donors (Lipinski definition) is 3. The first-order valence-corrected chi connectivity index (χ1v) is 12.4. The Kier molecular flexibility index (Phi) is 4.94. The van der Waals surface area contributed by atoms with Crippen LogP contribution in [0.25, 0.3) is 0 Å².